The van der Waals surface area contributed by atoms with Gasteiger partial charge in [-0.05, 0) is 42.0 Å². The highest BCUT2D eigenvalue weighted by molar-refractivity contribution is 5.74. The first-order valence-corrected chi connectivity index (χ1v) is 6.99. The normalized spacial score (nSPS) is 10.9. The Hall–Kier alpha value is -2.87. The van der Waals surface area contributed by atoms with Crippen LogP contribution in [0.1, 0.15) is 0 Å². The van der Waals surface area contributed by atoms with Crippen molar-refractivity contribution in [3.63, 3.8) is 0 Å². The van der Waals surface area contributed by atoms with Gasteiger partial charge in [-0.1, -0.05) is 30.3 Å². The zero-order chi connectivity index (χ0) is 14.1. The van der Waals surface area contributed by atoms with Crippen molar-refractivity contribution in [2.45, 2.75) is 0 Å². The lowest BCUT2D eigenvalue weighted by Crippen LogP contribution is -1.83. The molecule has 0 amide bonds. The molecule has 0 radical (unpaired) electrons. The largest absolute Gasteiger partial charge is 0.323 e. The van der Waals surface area contributed by atoms with Crippen LogP contribution in [-0.2, 0) is 0 Å². The van der Waals surface area contributed by atoms with Crippen molar-refractivity contribution in [2.24, 2.45) is 0 Å². The maximum Gasteiger partial charge on any atom is 0.0702 e. The van der Waals surface area contributed by atoms with Crippen LogP contribution >= 0.6 is 0 Å². The summed E-state index contributed by atoms with van der Waals surface area (Å²) >= 11 is 0. The van der Waals surface area contributed by atoms with Gasteiger partial charge in [0.2, 0.25) is 0 Å². The molecule has 0 aliphatic heterocycles. The monoisotopic (exact) mass is 270 g/mol. The highest BCUT2D eigenvalue weighted by atomic mass is 14.8. The molecule has 4 aromatic rings. The van der Waals surface area contributed by atoms with Gasteiger partial charge < -0.3 is 4.40 Å². The number of hydrogen-bond acceptors (Lipinski definition) is 1. The first-order valence-electron chi connectivity index (χ1n) is 6.99. The van der Waals surface area contributed by atoms with E-state index in [1.165, 1.54) is 16.6 Å². The van der Waals surface area contributed by atoms with Gasteiger partial charge in [0.25, 0.3) is 0 Å². The van der Waals surface area contributed by atoms with Crippen LogP contribution in [0, 0.1) is 0 Å². The Labute approximate surface area is 123 Å². The molecule has 3 heterocycles. The van der Waals surface area contributed by atoms with Crippen molar-refractivity contribution < 1.29 is 0 Å². The number of aromatic nitrogens is 2. The van der Waals surface area contributed by atoms with E-state index in [-0.39, 0.29) is 0 Å². The fourth-order valence-electron chi connectivity index (χ4n) is 2.60. The third kappa shape index (κ3) is 2.21. The van der Waals surface area contributed by atoms with Crippen molar-refractivity contribution in [1.82, 2.24) is 9.38 Å². The van der Waals surface area contributed by atoms with Gasteiger partial charge in [-0.3, -0.25) is 4.98 Å². The third-order valence-electron chi connectivity index (χ3n) is 3.66. The van der Waals surface area contributed by atoms with Gasteiger partial charge in [-0.15, -0.1) is 0 Å². The van der Waals surface area contributed by atoms with Gasteiger partial charge in [-0.25, -0.2) is 0 Å². The van der Waals surface area contributed by atoms with E-state index in [4.69, 9.17) is 0 Å². The molecule has 0 saturated heterocycles. The van der Waals surface area contributed by atoms with Gasteiger partial charge in [0, 0.05) is 35.2 Å². The minimum absolute atomic E-state index is 1.00. The SMILES string of the molecule is c1ccc(-c2cccc(-c3cc4ccccn4c3)c2)nc1. The smallest absolute Gasteiger partial charge is 0.0702 e. The lowest BCUT2D eigenvalue weighted by atomic mass is 10.0. The summed E-state index contributed by atoms with van der Waals surface area (Å²) in [5, 5.41) is 0. The standard InChI is InChI=1S/C19H14N2/c1-3-10-20-19(9-1)16-7-5-6-15(12-16)17-13-18-8-2-4-11-21(18)14-17/h1-14H. The number of rotatable bonds is 2. The molecule has 4 rings (SSSR count). The minimum Gasteiger partial charge on any atom is -0.323 e. The molecule has 0 unspecified atom stereocenters. The Morgan fingerprint density at radius 3 is 2.48 bits per heavy atom. The summed E-state index contributed by atoms with van der Waals surface area (Å²) in [6.07, 6.45) is 6.06. The molecule has 0 atom stereocenters. The highest BCUT2D eigenvalue weighted by Crippen LogP contribution is 2.26. The van der Waals surface area contributed by atoms with Crippen LogP contribution in [0.4, 0.5) is 0 Å². The minimum atomic E-state index is 1.00. The Balaban J connectivity index is 1.82. The van der Waals surface area contributed by atoms with Gasteiger partial charge in [0.05, 0.1) is 5.69 Å². The second-order valence-electron chi connectivity index (χ2n) is 5.06. The average Bonchev–Trinajstić information content (AvgIpc) is 3.00. The summed E-state index contributed by atoms with van der Waals surface area (Å²) in [6, 6.07) is 22.9. The summed E-state index contributed by atoms with van der Waals surface area (Å²) in [5.41, 5.74) is 5.78. The zero-order valence-corrected chi connectivity index (χ0v) is 11.5. The number of pyridine rings is 2. The van der Waals surface area contributed by atoms with Crippen LogP contribution in [0.2, 0.25) is 0 Å². The topological polar surface area (TPSA) is 17.3 Å². The van der Waals surface area contributed by atoms with Crippen molar-refractivity contribution in [2.75, 3.05) is 0 Å². The molecule has 100 valence electrons. The Bertz CT molecular complexity index is 859. The van der Waals surface area contributed by atoms with E-state index in [0.29, 0.717) is 0 Å². The fraction of sp³-hybridized carbons (Fsp3) is 0. The molecule has 0 aliphatic carbocycles. The zero-order valence-electron chi connectivity index (χ0n) is 11.5. The van der Waals surface area contributed by atoms with E-state index in [1.54, 1.807) is 0 Å². The van der Waals surface area contributed by atoms with Gasteiger partial charge in [0.15, 0.2) is 0 Å². The maximum atomic E-state index is 4.42. The molecule has 0 spiro atoms. The van der Waals surface area contributed by atoms with Gasteiger partial charge >= 0.3 is 0 Å². The van der Waals surface area contributed by atoms with E-state index < -0.39 is 0 Å². The molecular weight excluding hydrogens is 256 g/mol. The molecule has 3 aromatic heterocycles. The molecule has 1 aromatic carbocycles. The summed E-state index contributed by atoms with van der Waals surface area (Å²) in [5.74, 6) is 0. The predicted molar refractivity (Wildman–Crippen MR) is 86.1 cm³/mol. The van der Waals surface area contributed by atoms with Crippen LogP contribution in [0.15, 0.2) is 85.3 Å². The molecule has 0 aliphatic rings. The van der Waals surface area contributed by atoms with Crippen molar-refractivity contribution in [3.8, 4) is 22.4 Å². The third-order valence-corrected chi connectivity index (χ3v) is 3.66. The van der Waals surface area contributed by atoms with Crippen LogP contribution in [0.3, 0.4) is 0 Å². The van der Waals surface area contributed by atoms with Gasteiger partial charge in [-0.2, -0.15) is 0 Å². The summed E-state index contributed by atoms with van der Waals surface area (Å²) in [4.78, 5) is 4.42. The van der Waals surface area contributed by atoms with E-state index in [0.717, 1.165) is 11.3 Å². The Kier molecular flexibility index (Phi) is 2.79. The molecule has 0 fully saturated rings. The predicted octanol–water partition coefficient (Wildman–Crippen LogP) is 4.67. The lowest BCUT2D eigenvalue weighted by molar-refractivity contribution is 1.20. The summed E-state index contributed by atoms with van der Waals surface area (Å²) < 4.78 is 2.14. The molecule has 21 heavy (non-hydrogen) atoms. The second kappa shape index (κ2) is 4.91. The highest BCUT2D eigenvalue weighted by Gasteiger charge is 2.04. The first-order chi connectivity index (χ1) is 10.4. The average molecular weight is 270 g/mol. The van der Waals surface area contributed by atoms with E-state index in [9.17, 15) is 0 Å². The van der Waals surface area contributed by atoms with Crippen molar-refractivity contribution in [3.05, 3.63) is 85.3 Å². The van der Waals surface area contributed by atoms with E-state index >= 15 is 0 Å². The number of benzene rings is 1. The Morgan fingerprint density at radius 2 is 1.62 bits per heavy atom. The van der Waals surface area contributed by atoms with E-state index in [2.05, 4.69) is 64.2 Å². The molecular formula is C19H14N2. The lowest BCUT2D eigenvalue weighted by Gasteiger charge is -2.03. The second-order valence-corrected chi connectivity index (χ2v) is 5.06. The van der Waals surface area contributed by atoms with Crippen LogP contribution in [0.25, 0.3) is 27.9 Å². The van der Waals surface area contributed by atoms with Crippen LogP contribution in [0.5, 0.6) is 0 Å². The number of hydrogen-bond donors (Lipinski definition) is 0. The van der Waals surface area contributed by atoms with E-state index in [1.807, 2.05) is 30.5 Å². The molecule has 2 heteroatoms. The number of fused-ring (bicyclic) bond motifs is 1. The molecule has 0 bridgehead atoms. The summed E-state index contributed by atoms with van der Waals surface area (Å²) in [6.45, 7) is 0. The van der Waals surface area contributed by atoms with Gasteiger partial charge in [0.1, 0.15) is 0 Å². The number of nitrogens with zero attached hydrogens (tertiary/aromatic N) is 2. The first kappa shape index (κ1) is 11.9. The molecule has 2 nitrogen and oxygen atoms in total. The Morgan fingerprint density at radius 1 is 0.714 bits per heavy atom. The van der Waals surface area contributed by atoms with Crippen LogP contribution in [-0.4, -0.2) is 9.38 Å². The summed E-state index contributed by atoms with van der Waals surface area (Å²) in [7, 11) is 0. The maximum absolute atomic E-state index is 4.42. The quantitative estimate of drug-likeness (QED) is 0.517. The fourth-order valence-corrected chi connectivity index (χ4v) is 2.60. The van der Waals surface area contributed by atoms with Crippen LogP contribution < -0.4 is 0 Å². The van der Waals surface area contributed by atoms with Crippen molar-refractivity contribution in [1.29, 1.82) is 0 Å². The molecule has 0 N–H and O–H groups in total. The molecule has 0 saturated carbocycles. The van der Waals surface area contributed by atoms with Crippen molar-refractivity contribution >= 4 is 5.52 Å².